The quantitative estimate of drug-likeness (QED) is 0.0481. The minimum absolute atomic E-state index is 0.0285. The molecule has 0 saturated carbocycles. The molecule has 392 valence electrons. The van der Waals surface area contributed by atoms with E-state index in [1.807, 2.05) is 138 Å². The SMILES string of the molecule is CCC[C@@H](N(N)C(=O)c1cc(C)cc(C)c1)C(C)(C)C.CCC[C@@H](N(NC(=O)[C@@H](C)c1ccc2cc(OC)ccc2c1)C(=O)c1cc(C)cc(C)c1)C(C)(C)C.COc1ccc2cc([C@H](C)C(=O)Cl)ccc2c1. The Bertz CT molecular complexity index is 2820. The summed E-state index contributed by atoms with van der Waals surface area (Å²) in [6.07, 6.45) is 3.61. The van der Waals surface area contributed by atoms with Crippen LogP contribution in [0.3, 0.4) is 0 Å². The highest BCUT2D eigenvalue weighted by Crippen LogP contribution is 2.32. The summed E-state index contributed by atoms with van der Waals surface area (Å²) in [5.41, 5.74) is 10.1. The largest absolute Gasteiger partial charge is 0.497 e. The van der Waals surface area contributed by atoms with Crippen LogP contribution in [0.2, 0.25) is 0 Å². The van der Waals surface area contributed by atoms with Gasteiger partial charge in [-0.15, -0.1) is 0 Å². The zero-order valence-corrected chi connectivity index (χ0v) is 47.1. The Morgan fingerprint density at radius 2 is 0.918 bits per heavy atom. The molecule has 6 aromatic carbocycles. The molecule has 0 fully saturated rings. The van der Waals surface area contributed by atoms with Gasteiger partial charge in [0.1, 0.15) is 11.5 Å². The smallest absolute Gasteiger partial charge is 0.272 e. The molecule has 0 spiro atoms. The molecule has 4 atom stereocenters. The second-order valence-corrected chi connectivity index (χ2v) is 22.0. The zero-order chi connectivity index (χ0) is 54.5. The van der Waals surface area contributed by atoms with Crippen molar-refractivity contribution >= 4 is 56.1 Å². The number of carbonyl (C=O) groups excluding carboxylic acids is 4. The van der Waals surface area contributed by atoms with Gasteiger partial charge in [0.25, 0.3) is 11.8 Å². The molecular weight excluding hydrogens is 932 g/mol. The van der Waals surface area contributed by atoms with Gasteiger partial charge in [0.15, 0.2) is 0 Å². The van der Waals surface area contributed by atoms with Gasteiger partial charge in [0.05, 0.1) is 38.1 Å². The Kier molecular flexibility index (Phi) is 21.2. The molecule has 0 radical (unpaired) electrons. The lowest BCUT2D eigenvalue weighted by Crippen LogP contribution is -2.56. The number of fused-ring (bicyclic) bond motifs is 2. The van der Waals surface area contributed by atoms with Gasteiger partial charge < -0.3 is 9.47 Å². The highest BCUT2D eigenvalue weighted by molar-refractivity contribution is 6.64. The summed E-state index contributed by atoms with van der Waals surface area (Å²) in [4.78, 5) is 51.2. The third kappa shape index (κ3) is 16.4. The van der Waals surface area contributed by atoms with E-state index in [1.54, 1.807) is 26.2 Å². The maximum Gasteiger partial charge on any atom is 0.272 e. The number of rotatable bonds is 14. The molecule has 0 heterocycles. The molecular formula is C62H81ClN4O6. The standard InChI is InChI=1S/C31H40N2O3.C17H28N2O.C14H13ClO2/c1-9-10-28(31(5,6)7)33(30(35)26-16-20(2)15-21(3)17-26)32-29(34)22(4)23-11-12-25-19-27(36-8)14-13-24(25)18-23;1-7-8-15(17(4,5)6)19(18)16(20)14-10-12(2)9-13(3)11-14;1-9(14(15)16)10-3-4-12-8-13(17-2)6-5-11(12)7-10/h11-19,22,28H,9-10H2,1-8H3,(H,32,34);9-11,15H,7-8,18H2,1-6H3;3-9H,1-2H3/t22-,28+;15-;9-/m010/s1. The van der Waals surface area contributed by atoms with Crippen molar-refractivity contribution in [1.82, 2.24) is 15.4 Å². The predicted molar refractivity (Wildman–Crippen MR) is 301 cm³/mol. The number of hydrazine groups is 2. The summed E-state index contributed by atoms with van der Waals surface area (Å²) >= 11 is 5.50. The first-order valence-corrected chi connectivity index (χ1v) is 25.8. The molecule has 11 heteroatoms. The number of halogens is 1. The summed E-state index contributed by atoms with van der Waals surface area (Å²) in [6, 6.07) is 35.2. The molecule has 0 bridgehead atoms. The second-order valence-electron chi connectivity index (χ2n) is 21.6. The molecule has 0 aliphatic rings. The maximum absolute atomic E-state index is 13.8. The van der Waals surface area contributed by atoms with Crippen molar-refractivity contribution < 1.29 is 28.7 Å². The first-order chi connectivity index (χ1) is 34.2. The molecule has 3 amide bonds. The summed E-state index contributed by atoms with van der Waals surface area (Å²) in [6.45, 7) is 28.6. The van der Waals surface area contributed by atoms with Gasteiger partial charge in [0, 0.05) is 11.1 Å². The van der Waals surface area contributed by atoms with Crippen molar-refractivity contribution in [3.05, 3.63) is 154 Å². The molecule has 10 nitrogen and oxygen atoms in total. The molecule has 0 aliphatic carbocycles. The zero-order valence-electron chi connectivity index (χ0n) is 46.3. The number of ether oxygens (including phenoxy) is 2. The van der Waals surface area contributed by atoms with Gasteiger partial charge in [0.2, 0.25) is 11.1 Å². The fraction of sp³-hybridized carbons (Fsp3) is 0.419. The fourth-order valence-corrected chi connectivity index (χ4v) is 9.28. The number of benzene rings is 6. The van der Waals surface area contributed by atoms with E-state index in [-0.39, 0.29) is 51.8 Å². The first-order valence-electron chi connectivity index (χ1n) is 25.5. The van der Waals surface area contributed by atoms with Crippen LogP contribution >= 0.6 is 11.6 Å². The monoisotopic (exact) mass is 1010 g/mol. The number of amides is 3. The number of hydrogen-bond donors (Lipinski definition) is 2. The third-order valence-electron chi connectivity index (χ3n) is 13.3. The minimum atomic E-state index is -0.437. The Balaban J connectivity index is 0.000000262. The van der Waals surface area contributed by atoms with Crippen LogP contribution in [0.1, 0.15) is 161 Å². The van der Waals surface area contributed by atoms with Crippen LogP contribution in [0, 0.1) is 38.5 Å². The Morgan fingerprint density at radius 3 is 1.30 bits per heavy atom. The van der Waals surface area contributed by atoms with Crippen molar-refractivity contribution in [1.29, 1.82) is 0 Å². The summed E-state index contributed by atoms with van der Waals surface area (Å²) in [5.74, 6) is 6.59. The molecule has 6 rings (SSSR count). The van der Waals surface area contributed by atoms with E-state index >= 15 is 0 Å². The van der Waals surface area contributed by atoms with Crippen molar-refractivity contribution in [2.24, 2.45) is 16.7 Å². The molecule has 0 unspecified atom stereocenters. The molecule has 73 heavy (non-hydrogen) atoms. The normalized spacial score (nSPS) is 13.0. The van der Waals surface area contributed by atoms with E-state index in [9.17, 15) is 19.2 Å². The van der Waals surface area contributed by atoms with E-state index in [0.29, 0.717) is 11.1 Å². The Morgan fingerprint density at radius 1 is 0.548 bits per heavy atom. The molecule has 3 N–H and O–H groups in total. The van der Waals surface area contributed by atoms with Gasteiger partial charge in [-0.1, -0.05) is 158 Å². The molecule has 0 aromatic heterocycles. The van der Waals surface area contributed by atoms with Crippen LogP contribution in [-0.2, 0) is 9.59 Å². The van der Waals surface area contributed by atoms with Gasteiger partial charge in [-0.05, 0) is 151 Å². The minimum Gasteiger partial charge on any atom is -0.497 e. The third-order valence-corrected chi connectivity index (χ3v) is 13.6. The predicted octanol–water partition coefficient (Wildman–Crippen LogP) is 14.5. The molecule has 6 aromatic rings. The van der Waals surface area contributed by atoms with Crippen LogP contribution in [0.4, 0.5) is 0 Å². The van der Waals surface area contributed by atoms with Crippen molar-refractivity contribution in [3.8, 4) is 11.5 Å². The van der Waals surface area contributed by atoms with Crippen molar-refractivity contribution in [3.63, 3.8) is 0 Å². The van der Waals surface area contributed by atoms with Crippen molar-refractivity contribution in [2.45, 2.75) is 147 Å². The van der Waals surface area contributed by atoms with E-state index in [0.717, 1.165) is 92.1 Å². The topological polar surface area (TPSA) is 131 Å². The fourth-order valence-electron chi connectivity index (χ4n) is 9.16. The molecule has 0 aliphatic heterocycles. The number of nitrogens with one attached hydrogen (secondary N) is 1. The lowest BCUT2D eigenvalue weighted by Gasteiger charge is -2.40. The second kappa shape index (κ2) is 26.1. The summed E-state index contributed by atoms with van der Waals surface area (Å²) < 4.78 is 10.5. The number of methoxy groups -OCH3 is 2. The first kappa shape index (κ1) is 59.3. The van der Waals surface area contributed by atoms with E-state index in [1.165, 1.54) is 5.01 Å². The van der Waals surface area contributed by atoms with Gasteiger partial charge >= 0.3 is 0 Å². The van der Waals surface area contributed by atoms with Gasteiger partial charge in [-0.2, -0.15) is 0 Å². The van der Waals surface area contributed by atoms with E-state index < -0.39 is 5.92 Å². The van der Waals surface area contributed by atoms with Crippen LogP contribution < -0.4 is 20.7 Å². The van der Waals surface area contributed by atoms with E-state index in [2.05, 4.69) is 66.9 Å². The Hall–Kier alpha value is -6.23. The lowest BCUT2D eigenvalue weighted by atomic mass is 9.83. The lowest BCUT2D eigenvalue weighted by molar-refractivity contribution is -0.128. The highest BCUT2D eigenvalue weighted by atomic mass is 35.5. The average Bonchev–Trinajstić information content (AvgIpc) is 3.33. The summed E-state index contributed by atoms with van der Waals surface area (Å²) in [7, 11) is 3.29. The van der Waals surface area contributed by atoms with Gasteiger partial charge in [-0.3, -0.25) is 29.6 Å². The summed E-state index contributed by atoms with van der Waals surface area (Å²) in [5, 5.41) is 6.93. The van der Waals surface area contributed by atoms with Crippen LogP contribution in [-0.4, -0.2) is 59.3 Å². The van der Waals surface area contributed by atoms with Crippen LogP contribution in [0.15, 0.2) is 109 Å². The Labute approximate surface area is 440 Å². The number of nitrogens with zero attached hydrogens (tertiary/aromatic N) is 2. The highest BCUT2D eigenvalue weighted by Gasteiger charge is 2.36. The number of carbonyl (C=O) groups is 4. The van der Waals surface area contributed by atoms with Crippen LogP contribution in [0.25, 0.3) is 21.5 Å². The average molecular weight is 1010 g/mol. The van der Waals surface area contributed by atoms with Crippen molar-refractivity contribution in [2.75, 3.05) is 14.2 Å². The maximum atomic E-state index is 13.8. The van der Waals surface area contributed by atoms with Gasteiger partial charge in [-0.25, -0.2) is 10.9 Å². The number of nitrogens with two attached hydrogens (primary N) is 1. The number of hydrogen-bond acceptors (Lipinski definition) is 7. The number of aryl methyl sites for hydroxylation is 4. The molecule has 0 saturated heterocycles. The van der Waals surface area contributed by atoms with E-state index in [4.69, 9.17) is 26.9 Å². The van der Waals surface area contributed by atoms with Crippen LogP contribution in [0.5, 0.6) is 11.5 Å².